The van der Waals surface area contributed by atoms with Crippen LogP contribution in [0.4, 0.5) is 17.6 Å². The molecule has 2 fully saturated rings. The highest BCUT2D eigenvalue weighted by Gasteiger charge is 2.36. The minimum absolute atomic E-state index is 0.540. The fourth-order valence-electron chi connectivity index (χ4n) is 5.88. The molecule has 0 aliphatic heterocycles. The number of hydrogen-bond donors (Lipinski definition) is 0. The maximum absolute atomic E-state index is 14.1. The monoisotopic (exact) mass is 448 g/mol. The van der Waals surface area contributed by atoms with E-state index >= 15 is 0 Å². The molecule has 1 unspecified atom stereocenters. The van der Waals surface area contributed by atoms with Crippen molar-refractivity contribution in [2.75, 3.05) is 0 Å². The molecule has 0 spiro atoms. The normalized spacial score (nSPS) is 25.9. The summed E-state index contributed by atoms with van der Waals surface area (Å²) in [7, 11) is 0. The Bertz CT molecular complexity index is 890. The van der Waals surface area contributed by atoms with Gasteiger partial charge in [0.1, 0.15) is 0 Å². The van der Waals surface area contributed by atoms with E-state index in [4.69, 9.17) is 0 Å². The average Bonchev–Trinajstić information content (AvgIpc) is 2.78. The summed E-state index contributed by atoms with van der Waals surface area (Å²) >= 11 is 0. The third-order valence-corrected chi connectivity index (χ3v) is 7.56. The van der Waals surface area contributed by atoms with E-state index in [0.29, 0.717) is 11.5 Å². The van der Waals surface area contributed by atoms with Crippen molar-refractivity contribution in [3.63, 3.8) is 0 Å². The Kier molecular flexibility index (Phi) is 7.11. The van der Waals surface area contributed by atoms with Crippen molar-refractivity contribution in [3.8, 4) is 16.9 Å². The SMILES string of the molecule is CCCCC1CC[C@@H]2C[C@H](c3ccc(-c4ccc(OC(F)(F)F)c(F)c4)cc3)CC[C@@H]2C1. The van der Waals surface area contributed by atoms with Crippen LogP contribution >= 0.6 is 0 Å². The number of rotatable bonds is 6. The maximum Gasteiger partial charge on any atom is 0.573 e. The highest BCUT2D eigenvalue weighted by atomic mass is 19.4. The lowest BCUT2D eigenvalue weighted by Crippen LogP contribution is -2.30. The second-order valence-electron chi connectivity index (χ2n) is 9.67. The fourth-order valence-corrected chi connectivity index (χ4v) is 5.88. The van der Waals surface area contributed by atoms with E-state index < -0.39 is 17.9 Å². The summed E-state index contributed by atoms with van der Waals surface area (Å²) in [4.78, 5) is 0. The zero-order valence-electron chi connectivity index (χ0n) is 18.6. The van der Waals surface area contributed by atoms with Gasteiger partial charge < -0.3 is 4.74 Å². The number of unbranched alkanes of at least 4 members (excludes halogenated alkanes) is 1. The Hall–Kier alpha value is -2.04. The first-order valence-electron chi connectivity index (χ1n) is 12.0. The van der Waals surface area contributed by atoms with Crippen molar-refractivity contribution in [1.82, 2.24) is 0 Å². The number of ether oxygens (including phenoxy) is 1. The van der Waals surface area contributed by atoms with Gasteiger partial charge in [-0.05, 0) is 84.6 Å². The summed E-state index contributed by atoms with van der Waals surface area (Å²) < 4.78 is 54.8. The highest BCUT2D eigenvalue weighted by molar-refractivity contribution is 5.64. The quantitative estimate of drug-likeness (QED) is 0.401. The summed E-state index contributed by atoms with van der Waals surface area (Å²) in [6.07, 6.45) is 7.08. The van der Waals surface area contributed by atoms with Gasteiger partial charge in [-0.25, -0.2) is 4.39 Å². The topological polar surface area (TPSA) is 9.23 Å². The first-order valence-corrected chi connectivity index (χ1v) is 12.0. The molecule has 4 atom stereocenters. The van der Waals surface area contributed by atoms with Crippen molar-refractivity contribution < 1.29 is 22.3 Å². The lowest BCUT2D eigenvalue weighted by atomic mass is 9.63. The standard InChI is InChI=1S/C27H32F4O/c1-2-3-4-18-5-6-23-16-22(12-11-21(23)15-18)19-7-9-20(10-8-19)24-13-14-26(25(28)17-24)32-27(29,30)31/h7-10,13-14,17-18,21-23H,2-6,11-12,15-16H2,1H3/t18?,21-,22-,23-/m1/s1. The van der Waals surface area contributed by atoms with E-state index in [1.165, 1.54) is 69.4 Å². The first-order chi connectivity index (χ1) is 15.3. The molecule has 0 aromatic heterocycles. The van der Waals surface area contributed by atoms with Gasteiger partial charge in [-0.2, -0.15) is 0 Å². The largest absolute Gasteiger partial charge is 0.573 e. The molecule has 0 radical (unpaired) electrons. The molecule has 2 aromatic carbocycles. The van der Waals surface area contributed by atoms with Crippen LogP contribution in [0.2, 0.25) is 0 Å². The van der Waals surface area contributed by atoms with Gasteiger partial charge in [0.25, 0.3) is 0 Å². The molecule has 0 amide bonds. The van der Waals surface area contributed by atoms with E-state index in [-0.39, 0.29) is 0 Å². The molecule has 2 aromatic rings. The van der Waals surface area contributed by atoms with Gasteiger partial charge >= 0.3 is 6.36 Å². The Balaban J connectivity index is 1.38. The van der Waals surface area contributed by atoms with E-state index in [0.717, 1.165) is 35.4 Å². The predicted molar refractivity (Wildman–Crippen MR) is 119 cm³/mol. The van der Waals surface area contributed by atoms with Gasteiger partial charge in [0.2, 0.25) is 0 Å². The van der Waals surface area contributed by atoms with Crippen LogP contribution in [0.15, 0.2) is 42.5 Å². The molecule has 0 saturated heterocycles. The van der Waals surface area contributed by atoms with Crippen LogP contribution in [0.3, 0.4) is 0 Å². The summed E-state index contributed by atoms with van der Waals surface area (Å²) in [5, 5.41) is 0. The fraction of sp³-hybridized carbons (Fsp3) is 0.556. The molecule has 0 N–H and O–H groups in total. The molecule has 5 heteroatoms. The van der Waals surface area contributed by atoms with Crippen molar-refractivity contribution in [2.24, 2.45) is 17.8 Å². The van der Waals surface area contributed by atoms with E-state index in [9.17, 15) is 17.6 Å². The molecular formula is C27H32F4O. The van der Waals surface area contributed by atoms with Crippen LogP contribution in [0.5, 0.6) is 5.75 Å². The van der Waals surface area contributed by atoms with Crippen LogP contribution in [0.25, 0.3) is 11.1 Å². The third kappa shape index (κ3) is 5.65. The second kappa shape index (κ2) is 9.84. The first kappa shape index (κ1) is 23.1. The second-order valence-corrected chi connectivity index (χ2v) is 9.67. The maximum atomic E-state index is 14.1. The van der Waals surface area contributed by atoms with Gasteiger partial charge in [0.05, 0.1) is 0 Å². The van der Waals surface area contributed by atoms with Gasteiger partial charge in [0.15, 0.2) is 11.6 Å². The van der Waals surface area contributed by atoms with E-state index in [1.807, 2.05) is 12.1 Å². The van der Waals surface area contributed by atoms with Crippen molar-refractivity contribution in [2.45, 2.75) is 77.0 Å². The molecule has 2 saturated carbocycles. The van der Waals surface area contributed by atoms with Gasteiger partial charge in [-0.15, -0.1) is 13.2 Å². The molecule has 4 rings (SSSR count). The zero-order valence-corrected chi connectivity index (χ0v) is 18.6. The molecule has 1 nitrogen and oxygen atoms in total. The third-order valence-electron chi connectivity index (χ3n) is 7.56. The summed E-state index contributed by atoms with van der Waals surface area (Å²) in [5.41, 5.74) is 2.65. The van der Waals surface area contributed by atoms with Crippen molar-refractivity contribution in [3.05, 3.63) is 53.8 Å². The van der Waals surface area contributed by atoms with Crippen molar-refractivity contribution >= 4 is 0 Å². The molecule has 0 bridgehead atoms. The number of hydrogen-bond acceptors (Lipinski definition) is 1. The van der Waals surface area contributed by atoms with Gasteiger partial charge in [0, 0.05) is 0 Å². The summed E-state index contributed by atoms with van der Waals surface area (Å²) in [5.74, 6) is 1.40. The number of alkyl halides is 3. The lowest BCUT2D eigenvalue weighted by Gasteiger charge is -2.42. The highest BCUT2D eigenvalue weighted by Crippen LogP contribution is 2.48. The molecular weight excluding hydrogens is 416 g/mol. The van der Waals surface area contributed by atoms with Crippen LogP contribution < -0.4 is 4.74 Å². The minimum atomic E-state index is -4.90. The Morgan fingerprint density at radius 2 is 1.56 bits per heavy atom. The van der Waals surface area contributed by atoms with E-state index in [1.54, 1.807) is 0 Å². The number of halogens is 4. The lowest BCUT2D eigenvalue weighted by molar-refractivity contribution is -0.275. The molecule has 2 aliphatic carbocycles. The van der Waals surface area contributed by atoms with Crippen LogP contribution in [0.1, 0.15) is 76.2 Å². The van der Waals surface area contributed by atoms with Gasteiger partial charge in [-0.1, -0.05) is 62.9 Å². The van der Waals surface area contributed by atoms with Crippen molar-refractivity contribution in [1.29, 1.82) is 0 Å². The Morgan fingerprint density at radius 1 is 0.875 bits per heavy atom. The summed E-state index contributed by atoms with van der Waals surface area (Å²) in [6, 6.07) is 11.7. The number of benzene rings is 2. The Labute approximate surface area is 188 Å². The predicted octanol–water partition coefficient (Wildman–Crippen LogP) is 8.88. The van der Waals surface area contributed by atoms with Crippen LogP contribution in [-0.4, -0.2) is 6.36 Å². The zero-order chi connectivity index (χ0) is 22.7. The summed E-state index contributed by atoms with van der Waals surface area (Å²) in [6.45, 7) is 2.27. The minimum Gasteiger partial charge on any atom is -0.403 e. The molecule has 174 valence electrons. The Morgan fingerprint density at radius 3 is 2.25 bits per heavy atom. The molecule has 0 heterocycles. The number of fused-ring (bicyclic) bond motifs is 1. The van der Waals surface area contributed by atoms with Crippen LogP contribution in [0, 0.1) is 23.6 Å². The van der Waals surface area contributed by atoms with Crippen LogP contribution in [-0.2, 0) is 0 Å². The smallest absolute Gasteiger partial charge is 0.403 e. The van der Waals surface area contributed by atoms with Gasteiger partial charge in [-0.3, -0.25) is 0 Å². The molecule has 32 heavy (non-hydrogen) atoms. The molecule has 2 aliphatic rings. The average molecular weight is 449 g/mol. The van der Waals surface area contributed by atoms with E-state index in [2.05, 4.69) is 23.8 Å².